The third-order valence-electron chi connectivity index (χ3n) is 3.01. The average molecular weight is 272 g/mol. The van der Waals surface area contributed by atoms with Crippen molar-refractivity contribution in [2.24, 2.45) is 0 Å². The molecular formula is C14H16N4S. The van der Waals surface area contributed by atoms with Crippen LogP contribution in [0, 0.1) is 6.92 Å². The third-order valence-corrected chi connectivity index (χ3v) is 4.24. The van der Waals surface area contributed by atoms with Crippen molar-refractivity contribution in [3.63, 3.8) is 0 Å². The van der Waals surface area contributed by atoms with Crippen LogP contribution in [0.3, 0.4) is 0 Å². The molecule has 0 unspecified atom stereocenters. The van der Waals surface area contributed by atoms with Crippen LogP contribution in [0.4, 0.5) is 5.82 Å². The zero-order valence-electron chi connectivity index (χ0n) is 11.1. The summed E-state index contributed by atoms with van der Waals surface area (Å²) in [4.78, 5) is 7.14. The molecule has 1 N–H and O–H groups in total. The van der Waals surface area contributed by atoms with Crippen molar-refractivity contribution >= 4 is 22.7 Å². The monoisotopic (exact) mass is 272 g/mol. The van der Waals surface area contributed by atoms with E-state index < -0.39 is 0 Å². The molecule has 0 aliphatic carbocycles. The van der Waals surface area contributed by atoms with Crippen molar-refractivity contribution in [2.45, 2.75) is 26.8 Å². The first-order chi connectivity index (χ1) is 9.26. The van der Waals surface area contributed by atoms with Gasteiger partial charge >= 0.3 is 0 Å². The van der Waals surface area contributed by atoms with Gasteiger partial charge < -0.3 is 5.32 Å². The van der Waals surface area contributed by atoms with E-state index in [4.69, 9.17) is 0 Å². The Morgan fingerprint density at radius 2 is 2.16 bits per heavy atom. The number of nitrogens with zero attached hydrogens (tertiary/aromatic N) is 3. The van der Waals surface area contributed by atoms with Crippen LogP contribution >= 0.6 is 11.3 Å². The van der Waals surface area contributed by atoms with Crippen LogP contribution in [0.2, 0.25) is 0 Å². The van der Waals surface area contributed by atoms with E-state index in [1.54, 1.807) is 6.20 Å². The van der Waals surface area contributed by atoms with Gasteiger partial charge in [0.15, 0.2) is 5.82 Å². The minimum absolute atomic E-state index is 0.807. The molecule has 5 heteroatoms. The van der Waals surface area contributed by atoms with Gasteiger partial charge in [-0.2, -0.15) is 5.10 Å². The summed E-state index contributed by atoms with van der Waals surface area (Å²) in [6.07, 6.45) is 4.74. The third kappa shape index (κ3) is 2.46. The maximum absolute atomic E-state index is 4.39. The van der Waals surface area contributed by atoms with E-state index in [2.05, 4.69) is 34.5 Å². The Morgan fingerprint density at radius 3 is 2.95 bits per heavy atom. The van der Waals surface area contributed by atoms with Gasteiger partial charge in [-0.05, 0) is 31.5 Å². The quantitative estimate of drug-likeness (QED) is 0.792. The predicted octanol–water partition coefficient (Wildman–Crippen LogP) is 3.27. The highest BCUT2D eigenvalue weighted by atomic mass is 32.1. The second-order valence-electron chi connectivity index (χ2n) is 4.47. The van der Waals surface area contributed by atoms with Crippen LogP contribution in [0.5, 0.6) is 0 Å². The van der Waals surface area contributed by atoms with E-state index in [-0.39, 0.29) is 0 Å². The second kappa shape index (κ2) is 5.01. The molecule has 3 aromatic rings. The Bertz CT molecular complexity index is 698. The fraction of sp³-hybridized carbons (Fsp3) is 0.286. The summed E-state index contributed by atoms with van der Waals surface area (Å²) < 4.78 is 1.86. The van der Waals surface area contributed by atoms with E-state index in [9.17, 15) is 0 Å². The molecule has 3 rings (SSSR count). The summed E-state index contributed by atoms with van der Waals surface area (Å²) in [5, 5.41) is 7.78. The molecule has 0 spiro atoms. The topological polar surface area (TPSA) is 42.2 Å². The van der Waals surface area contributed by atoms with Crippen molar-refractivity contribution in [3.8, 4) is 0 Å². The van der Waals surface area contributed by atoms with Crippen molar-refractivity contribution in [1.29, 1.82) is 0 Å². The van der Waals surface area contributed by atoms with Gasteiger partial charge in [-0.25, -0.2) is 9.50 Å². The van der Waals surface area contributed by atoms with Gasteiger partial charge in [0.05, 0.1) is 12.2 Å². The van der Waals surface area contributed by atoms with E-state index in [0.717, 1.165) is 30.0 Å². The molecule has 98 valence electrons. The summed E-state index contributed by atoms with van der Waals surface area (Å²) in [5.41, 5.74) is 2.02. The first-order valence-corrected chi connectivity index (χ1v) is 7.20. The number of aryl methyl sites for hydroxylation is 2. The fourth-order valence-corrected chi connectivity index (χ4v) is 2.96. The van der Waals surface area contributed by atoms with Crippen molar-refractivity contribution < 1.29 is 0 Å². The predicted molar refractivity (Wildman–Crippen MR) is 78.7 cm³/mol. The van der Waals surface area contributed by atoms with Crippen LogP contribution in [0.1, 0.15) is 22.4 Å². The fourth-order valence-electron chi connectivity index (χ4n) is 2.06. The number of rotatable bonds is 4. The van der Waals surface area contributed by atoms with E-state index in [1.165, 1.54) is 9.75 Å². The molecule has 0 aromatic carbocycles. The summed E-state index contributed by atoms with van der Waals surface area (Å²) in [6.45, 7) is 4.98. The highest BCUT2D eigenvalue weighted by Gasteiger charge is 2.05. The standard InChI is InChI=1S/C14H16N4S/c1-3-11-4-5-12(19-11)9-16-14-13-8-10(2)17-18(13)7-6-15-14/h4-8H,3,9H2,1-2H3,(H,15,16). The molecule has 0 amide bonds. The minimum atomic E-state index is 0.807. The second-order valence-corrected chi connectivity index (χ2v) is 5.72. The molecule has 4 nitrogen and oxygen atoms in total. The number of hydrogen-bond acceptors (Lipinski definition) is 4. The Labute approximate surface area is 116 Å². The Hall–Kier alpha value is -1.88. The van der Waals surface area contributed by atoms with E-state index in [1.807, 2.05) is 35.0 Å². The Kier molecular flexibility index (Phi) is 3.21. The van der Waals surface area contributed by atoms with E-state index in [0.29, 0.717) is 0 Å². The zero-order valence-corrected chi connectivity index (χ0v) is 11.9. The van der Waals surface area contributed by atoms with Crippen molar-refractivity contribution in [2.75, 3.05) is 5.32 Å². The van der Waals surface area contributed by atoms with Crippen LogP contribution in [0.25, 0.3) is 5.52 Å². The van der Waals surface area contributed by atoms with Crippen LogP contribution in [-0.2, 0) is 13.0 Å². The maximum Gasteiger partial charge on any atom is 0.152 e. The smallest absolute Gasteiger partial charge is 0.152 e. The molecule has 0 saturated carbocycles. The zero-order chi connectivity index (χ0) is 13.2. The lowest BCUT2D eigenvalue weighted by atomic mass is 10.3. The Balaban J connectivity index is 1.81. The summed E-state index contributed by atoms with van der Waals surface area (Å²) in [6, 6.07) is 6.41. The molecule has 0 fully saturated rings. The largest absolute Gasteiger partial charge is 0.363 e. The molecule has 19 heavy (non-hydrogen) atoms. The number of nitrogens with one attached hydrogen (secondary N) is 1. The normalized spacial score (nSPS) is 11.1. The Morgan fingerprint density at radius 1 is 1.32 bits per heavy atom. The lowest BCUT2D eigenvalue weighted by Gasteiger charge is -2.05. The van der Waals surface area contributed by atoms with Gasteiger partial charge in [0.25, 0.3) is 0 Å². The summed E-state index contributed by atoms with van der Waals surface area (Å²) in [7, 11) is 0. The molecule has 3 aromatic heterocycles. The first kappa shape index (κ1) is 12.2. The van der Waals surface area contributed by atoms with Crippen LogP contribution in [-0.4, -0.2) is 14.6 Å². The highest BCUT2D eigenvalue weighted by Crippen LogP contribution is 2.20. The van der Waals surface area contributed by atoms with Gasteiger partial charge in [-0.3, -0.25) is 0 Å². The average Bonchev–Trinajstić information content (AvgIpc) is 3.01. The van der Waals surface area contributed by atoms with E-state index >= 15 is 0 Å². The van der Waals surface area contributed by atoms with Gasteiger partial charge in [0.1, 0.15) is 5.52 Å². The van der Waals surface area contributed by atoms with Crippen molar-refractivity contribution in [1.82, 2.24) is 14.6 Å². The molecule has 0 atom stereocenters. The molecular weight excluding hydrogens is 256 g/mol. The van der Waals surface area contributed by atoms with Gasteiger partial charge in [-0.1, -0.05) is 6.92 Å². The molecule has 0 radical (unpaired) electrons. The molecule has 0 bridgehead atoms. The number of aromatic nitrogens is 3. The maximum atomic E-state index is 4.39. The SMILES string of the molecule is CCc1ccc(CNc2nccn3nc(C)cc23)s1. The summed E-state index contributed by atoms with van der Waals surface area (Å²) >= 11 is 1.85. The summed E-state index contributed by atoms with van der Waals surface area (Å²) in [5.74, 6) is 0.884. The van der Waals surface area contributed by atoms with Gasteiger partial charge in [-0.15, -0.1) is 11.3 Å². The molecule has 0 aliphatic heterocycles. The first-order valence-electron chi connectivity index (χ1n) is 6.38. The molecule has 0 saturated heterocycles. The number of anilines is 1. The molecule has 3 heterocycles. The van der Waals surface area contributed by atoms with Gasteiger partial charge in [0, 0.05) is 22.1 Å². The molecule has 0 aliphatic rings. The lowest BCUT2D eigenvalue weighted by molar-refractivity contribution is 0.920. The minimum Gasteiger partial charge on any atom is -0.363 e. The van der Waals surface area contributed by atoms with Gasteiger partial charge in [0.2, 0.25) is 0 Å². The van der Waals surface area contributed by atoms with Crippen LogP contribution in [0.15, 0.2) is 30.6 Å². The number of thiophene rings is 1. The van der Waals surface area contributed by atoms with Crippen LogP contribution < -0.4 is 5.32 Å². The highest BCUT2D eigenvalue weighted by molar-refractivity contribution is 7.12. The number of hydrogen-bond donors (Lipinski definition) is 1. The van der Waals surface area contributed by atoms with Crippen molar-refractivity contribution in [3.05, 3.63) is 46.0 Å². The number of fused-ring (bicyclic) bond motifs is 1. The lowest BCUT2D eigenvalue weighted by Crippen LogP contribution is -2.02.